The molecule has 0 fully saturated rings. The molecule has 1 aromatic rings. The van der Waals surface area contributed by atoms with Gasteiger partial charge in [-0.15, -0.1) is 11.8 Å². The highest BCUT2D eigenvalue weighted by Crippen LogP contribution is 2.32. The first-order valence-electron chi connectivity index (χ1n) is 6.01. The lowest BCUT2D eigenvalue weighted by molar-refractivity contribution is 0.0998. The van der Waals surface area contributed by atoms with Crippen LogP contribution in [0.15, 0.2) is 5.03 Å². The van der Waals surface area contributed by atoms with E-state index in [1.54, 1.807) is 0 Å². The van der Waals surface area contributed by atoms with Crippen molar-refractivity contribution in [2.75, 3.05) is 18.1 Å². The van der Waals surface area contributed by atoms with Crippen molar-refractivity contribution in [3.05, 3.63) is 5.56 Å². The van der Waals surface area contributed by atoms with Gasteiger partial charge >= 0.3 is 6.03 Å². The number of primary amides is 1. The van der Waals surface area contributed by atoms with Crippen LogP contribution in [0.3, 0.4) is 0 Å². The van der Waals surface area contributed by atoms with E-state index in [2.05, 4.69) is 21.9 Å². The number of nitrogens with two attached hydrogens (primary N) is 1. The molecule has 0 radical (unpaired) electrons. The summed E-state index contributed by atoms with van der Waals surface area (Å²) < 4.78 is 4.18. The molecule has 0 saturated heterocycles. The highest BCUT2D eigenvalue weighted by molar-refractivity contribution is 7.99. The van der Waals surface area contributed by atoms with Gasteiger partial charge in [0.05, 0.1) is 0 Å². The number of rotatable bonds is 7. The molecule has 1 rings (SSSR count). The summed E-state index contributed by atoms with van der Waals surface area (Å²) in [4.78, 5) is 22.7. The van der Waals surface area contributed by atoms with Crippen LogP contribution in [-0.2, 0) is 0 Å². The third-order valence-electron chi connectivity index (χ3n) is 2.35. The number of amides is 3. The molecule has 6 nitrogen and oxygen atoms in total. The molecule has 1 heterocycles. The van der Waals surface area contributed by atoms with Crippen LogP contribution in [-0.4, -0.2) is 29.1 Å². The molecule has 0 aliphatic heterocycles. The highest BCUT2D eigenvalue weighted by Gasteiger charge is 2.20. The first-order chi connectivity index (χ1) is 9.10. The van der Waals surface area contributed by atoms with Crippen molar-refractivity contribution in [1.82, 2.24) is 9.69 Å². The summed E-state index contributed by atoms with van der Waals surface area (Å²) in [5.74, 6) is 0.315. The largest absolute Gasteiger partial charge is 0.365 e. The number of hydrogen-bond acceptors (Lipinski definition) is 5. The van der Waals surface area contributed by atoms with Gasteiger partial charge in [-0.25, -0.2) is 4.79 Å². The molecule has 0 unspecified atom stereocenters. The normalized spacial score (nSPS) is 10.2. The van der Waals surface area contributed by atoms with E-state index in [-0.39, 0.29) is 0 Å². The summed E-state index contributed by atoms with van der Waals surface area (Å²) in [6.45, 7) is 2.13. The summed E-state index contributed by atoms with van der Waals surface area (Å²) in [6.07, 6.45) is 3.35. The van der Waals surface area contributed by atoms with Gasteiger partial charge in [-0.2, -0.15) is 4.37 Å². The third kappa shape index (κ3) is 4.71. The Kier molecular flexibility index (Phi) is 6.65. The molecular formula is C11H18N4O2S2. The van der Waals surface area contributed by atoms with Crippen LogP contribution in [0.5, 0.6) is 0 Å². The van der Waals surface area contributed by atoms with Crippen molar-refractivity contribution in [2.24, 2.45) is 5.73 Å². The Bertz CT molecular complexity index is 448. The van der Waals surface area contributed by atoms with E-state index in [0.29, 0.717) is 15.6 Å². The minimum absolute atomic E-state index is 0.301. The first kappa shape index (κ1) is 15.8. The monoisotopic (exact) mass is 302 g/mol. The molecule has 1 aromatic heterocycles. The van der Waals surface area contributed by atoms with E-state index in [4.69, 9.17) is 5.73 Å². The average molecular weight is 302 g/mol. The summed E-state index contributed by atoms with van der Waals surface area (Å²) in [7, 11) is 1.50. The molecule has 19 heavy (non-hydrogen) atoms. The van der Waals surface area contributed by atoms with E-state index in [9.17, 15) is 9.59 Å². The van der Waals surface area contributed by atoms with Gasteiger partial charge in [-0.05, 0) is 23.7 Å². The van der Waals surface area contributed by atoms with E-state index < -0.39 is 11.9 Å². The fraction of sp³-hybridized carbons (Fsp3) is 0.545. The molecule has 0 spiro atoms. The molecule has 106 valence electrons. The van der Waals surface area contributed by atoms with Gasteiger partial charge in [-0.3, -0.25) is 10.1 Å². The van der Waals surface area contributed by atoms with Crippen LogP contribution in [0.25, 0.3) is 0 Å². The van der Waals surface area contributed by atoms with Crippen molar-refractivity contribution in [1.29, 1.82) is 0 Å². The number of anilines is 1. The van der Waals surface area contributed by atoms with Gasteiger partial charge in [0, 0.05) is 7.05 Å². The van der Waals surface area contributed by atoms with Crippen LogP contribution in [0.4, 0.5) is 9.80 Å². The summed E-state index contributed by atoms with van der Waals surface area (Å²) in [5.41, 5.74) is 5.65. The standard InChI is InChI=1S/C11H18N4O2S2/c1-3-4-5-6-18-10-7(8(12)16)9(19-15-10)14-11(17)13-2/h3-6H2,1-2H3,(H2,12,16)(H2,13,14,17). The lowest BCUT2D eigenvalue weighted by Gasteiger charge is -2.03. The Morgan fingerprint density at radius 2 is 2.16 bits per heavy atom. The van der Waals surface area contributed by atoms with Crippen molar-refractivity contribution in [3.63, 3.8) is 0 Å². The Morgan fingerprint density at radius 1 is 1.42 bits per heavy atom. The second kappa shape index (κ2) is 8.00. The second-order valence-corrected chi connectivity index (χ2v) is 5.67. The fourth-order valence-electron chi connectivity index (χ4n) is 1.36. The summed E-state index contributed by atoms with van der Waals surface area (Å²) >= 11 is 2.57. The number of thioether (sulfide) groups is 1. The van der Waals surface area contributed by atoms with Crippen LogP contribution < -0.4 is 16.4 Å². The zero-order chi connectivity index (χ0) is 14.3. The number of unbranched alkanes of at least 4 members (excludes halogenated alkanes) is 2. The quantitative estimate of drug-likeness (QED) is 0.531. The maximum absolute atomic E-state index is 11.5. The van der Waals surface area contributed by atoms with Crippen LogP contribution in [0.1, 0.15) is 36.5 Å². The maximum atomic E-state index is 11.5. The van der Waals surface area contributed by atoms with Gasteiger partial charge in [0.25, 0.3) is 5.91 Å². The molecule has 0 bridgehead atoms. The number of aromatic nitrogens is 1. The van der Waals surface area contributed by atoms with Crippen LogP contribution in [0.2, 0.25) is 0 Å². The molecule has 4 N–H and O–H groups in total. The zero-order valence-electron chi connectivity index (χ0n) is 11.0. The molecule has 3 amide bonds. The number of nitrogens with zero attached hydrogens (tertiary/aromatic N) is 1. The predicted molar refractivity (Wildman–Crippen MR) is 79.0 cm³/mol. The van der Waals surface area contributed by atoms with E-state index in [1.165, 1.54) is 18.8 Å². The molecule has 0 aromatic carbocycles. The Balaban J connectivity index is 2.76. The van der Waals surface area contributed by atoms with Crippen molar-refractivity contribution < 1.29 is 9.59 Å². The number of carbonyl (C=O) groups is 2. The van der Waals surface area contributed by atoms with Crippen molar-refractivity contribution >= 4 is 40.2 Å². The van der Waals surface area contributed by atoms with E-state index >= 15 is 0 Å². The zero-order valence-corrected chi connectivity index (χ0v) is 12.6. The molecular weight excluding hydrogens is 284 g/mol. The number of hydrogen-bond donors (Lipinski definition) is 3. The van der Waals surface area contributed by atoms with Crippen molar-refractivity contribution in [2.45, 2.75) is 31.2 Å². The topological polar surface area (TPSA) is 97.1 Å². The molecule has 0 aliphatic rings. The minimum Gasteiger partial charge on any atom is -0.365 e. The minimum atomic E-state index is -0.571. The molecule has 8 heteroatoms. The van der Waals surface area contributed by atoms with Crippen LogP contribution >= 0.6 is 23.3 Å². The van der Waals surface area contributed by atoms with Gasteiger partial charge in [0.15, 0.2) is 0 Å². The molecule has 0 aliphatic carbocycles. The van der Waals surface area contributed by atoms with Gasteiger partial charge in [0.1, 0.15) is 15.6 Å². The lowest BCUT2D eigenvalue weighted by Crippen LogP contribution is -2.25. The fourth-order valence-corrected chi connectivity index (χ4v) is 3.33. The Hall–Kier alpha value is -1.28. The summed E-state index contributed by atoms with van der Waals surface area (Å²) in [5, 5.41) is 5.96. The average Bonchev–Trinajstić information content (AvgIpc) is 2.77. The number of urea groups is 1. The van der Waals surface area contributed by atoms with E-state index in [0.717, 1.165) is 36.5 Å². The first-order valence-corrected chi connectivity index (χ1v) is 7.77. The summed E-state index contributed by atoms with van der Waals surface area (Å²) in [6, 6.07) is -0.395. The molecule has 0 atom stereocenters. The smallest absolute Gasteiger partial charge is 0.319 e. The van der Waals surface area contributed by atoms with E-state index in [1.807, 2.05) is 0 Å². The SMILES string of the molecule is CCCCCSc1nsc(NC(=O)NC)c1C(N)=O. The van der Waals surface area contributed by atoms with Gasteiger partial charge in [0.2, 0.25) is 0 Å². The third-order valence-corrected chi connectivity index (χ3v) is 4.29. The van der Waals surface area contributed by atoms with Crippen molar-refractivity contribution in [3.8, 4) is 0 Å². The maximum Gasteiger partial charge on any atom is 0.319 e. The Morgan fingerprint density at radius 3 is 2.74 bits per heavy atom. The molecule has 0 saturated carbocycles. The number of carbonyl (C=O) groups excluding carboxylic acids is 2. The van der Waals surface area contributed by atoms with Gasteiger partial charge in [-0.1, -0.05) is 19.8 Å². The predicted octanol–water partition coefficient (Wildman–Crippen LogP) is 2.28. The number of nitrogens with one attached hydrogen (secondary N) is 2. The van der Waals surface area contributed by atoms with Gasteiger partial charge < -0.3 is 11.1 Å². The Labute approximate surface area is 120 Å². The second-order valence-electron chi connectivity index (χ2n) is 3.82. The lowest BCUT2D eigenvalue weighted by atomic mass is 10.3. The van der Waals surface area contributed by atoms with Crippen LogP contribution in [0, 0.1) is 0 Å². The highest BCUT2D eigenvalue weighted by atomic mass is 32.2.